The molecular weight excluding hydrogens is 546 g/mol. The number of sulfonamides is 1. The Kier molecular flexibility index (Phi) is 9.53. The minimum Gasteiger partial charge on any atom is -0.352 e. The van der Waals surface area contributed by atoms with Gasteiger partial charge in [-0.1, -0.05) is 72.0 Å². The molecule has 0 aromatic heterocycles. The van der Waals surface area contributed by atoms with Crippen LogP contribution in [-0.4, -0.2) is 43.8 Å². The van der Waals surface area contributed by atoms with Gasteiger partial charge in [0.1, 0.15) is 12.6 Å². The first-order chi connectivity index (χ1) is 19.0. The molecule has 1 unspecified atom stereocenters. The summed E-state index contributed by atoms with van der Waals surface area (Å²) >= 11 is 6.07. The number of carbonyl (C=O) groups excluding carboxylic acids is 2. The Morgan fingerprint density at radius 1 is 0.900 bits per heavy atom. The summed E-state index contributed by atoms with van der Waals surface area (Å²) in [6.45, 7) is 5.13. The summed E-state index contributed by atoms with van der Waals surface area (Å²) in [5.41, 5.74) is 3.04. The van der Waals surface area contributed by atoms with Crippen molar-refractivity contribution in [3.63, 3.8) is 0 Å². The molecule has 0 heterocycles. The summed E-state index contributed by atoms with van der Waals surface area (Å²) in [7, 11) is -4.09. The van der Waals surface area contributed by atoms with Gasteiger partial charge in [0.2, 0.25) is 11.8 Å². The molecule has 0 spiro atoms. The number of nitrogens with zero attached hydrogens (tertiary/aromatic N) is 2. The van der Waals surface area contributed by atoms with E-state index in [4.69, 9.17) is 11.6 Å². The van der Waals surface area contributed by atoms with Gasteiger partial charge in [0, 0.05) is 17.6 Å². The fourth-order valence-corrected chi connectivity index (χ4v) is 6.38. The average Bonchev–Trinajstić information content (AvgIpc) is 3.44. The van der Waals surface area contributed by atoms with E-state index in [1.54, 1.807) is 79.7 Å². The summed E-state index contributed by atoms with van der Waals surface area (Å²) in [5, 5.41) is 3.63. The van der Waals surface area contributed by atoms with E-state index < -0.39 is 28.5 Å². The number of halogens is 1. The highest BCUT2D eigenvalue weighted by Crippen LogP contribution is 2.26. The Morgan fingerprint density at radius 2 is 1.45 bits per heavy atom. The van der Waals surface area contributed by atoms with Crippen LogP contribution in [0.5, 0.6) is 0 Å². The maximum absolute atomic E-state index is 14.0. The molecule has 212 valence electrons. The van der Waals surface area contributed by atoms with E-state index in [2.05, 4.69) is 5.32 Å². The summed E-state index contributed by atoms with van der Waals surface area (Å²) in [5.74, 6) is -0.738. The second-order valence-electron chi connectivity index (χ2n) is 10.5. The van der Waals surface area contributed by atoms with Crippen molar-refractivity contribution in [1.82, 2.24) is 10.2 Å². The van der Waals surface area contributed by atoms with Gasteiger partial charge in [-0.05, 0) is 75.6 Å². The van der Waals surface area contributed by atoms with Crippen LogP contribution in [0, 0.1) is 13.8 Å². The Balaban J connectivity index is 1.67. The summed E-state index contributed by atoms with van der Waals surface area (Å²) in [4.78, 5) is 28.8. The highest BCUT2D eigenvalue weighted by atomic mass is 35.5. The van der Waals surface area contributed by atoms with Gasteiger partial charge in [0.05, 0.1) is 10.6 Å². The van der Waals surface area contributed by atoms with Gasteiger partial charge in [0.15, 0.2) is 0 Å². The number of aryl methyl sites for hydroxylation is 2. The lowest BCUT2D eigenvalue weighted by Crippen LogP contribution is -2.52. The topological polar surface area (TPSA) is 86.8 Å². The summed E-state index contributed by atoms with van der Waals surface area (Å²) in [6.07, 6.45) is 3.96. The van der Waals surface area contributed by atoms with Crippen LogP contribution in [0.3, 0.4) is 0 Å². The zero-order valence-electron chi connectivity index (χ0n) is 23.1. The molecule has 1 saturated carbocycles. The molecule has 0 saturated heterocycles. The monoisotopic (exact) mass is 581 g/mol. The molecule has 1 aliphatic carbocycles. The van der Waals surface area contributed by atoms with Crippen LogP contribution in [0.4, 0.5) is 5.69 Å². The first-order valence-electron chi connectivity index (χ1n) is 13.5. The smallest absolute Gasteiger partial charge is 0.264 e. The van der Waals surface area contributed by atoms with Crippen molar-refractivity contribution in [2.24, 2.45) is 0 Å². The van der Waals surface area contributed by atoms with Gasteiger partial charge in [-0.3, -0.25) is 13.9 Å². The molecule has 1 atom stereocenters. The van der Waals surface area contributed by atoms with Crippen molar-refractivity contribution in [2.75, 3.05) is 10.8 Å². The van der Waals surface area contributed by atoms with Crippen molar-refractivity contribution in [3.8, 4) is 0 Å². The molecule has 7 nitrogen and oxygen atoms in total. The molecule has 1 aliphatic rings. The van der Waals surface area contributed by atoms with Crippen LogP contribution in [0.1, 0.15) is 49.3 Å². The minimum absolute atomic E-state index is 0.0859. The van der Waals surface area contributed by atoms with Gasteiger partial charge in [-0.2, -0.15) is 0 Å². The van der Waals surface area contributed by atoms with E-state index in [1.165, 1.54) is 4.90 Å². The van der Waals surface area contributed by atoms with Gasteiger partial charge in [-0.25, -0.2) is 8.42 Å². The van der Waals surface area contributed by atoms with Crippen molar-refractivity contribution in [1.29, 1.82) is 0 Å². The number of carbonyl (C=O) groups is 2. The first kappa shape index (κ1) is 29.6. The zero-order chi connectivity index (χ0) is 28.9. The van der Waals surface area contributed by atoms with E-state index in [9.17, 15) is 18.0 Å². The number of hydrogen-bond donors (Lipinski definition) is 1. The maximum Gasteiger partial charge on any atom is 0.264 e. The Hall–Kier alpha value is -3.36. The molecule has 1 fully saturated rings. The lowest BCUT2D eigenvalue weighted by atomic mass is 10.1. The Bertz CT molecular complexity index is 1420. The van der Waals surface area contributed by atoms with E-state index in [0.29, 0.717) is 10.7 Å². The third kappa shape index (κ3) is 7.23. The molecule has 3 aromatic carbocycles. The molecular formula is C31H36ClN3O4S. The number of anilines is 1. The average molecular weight is 582 g/mol. The first-order valence-corrected chi connectivity index (χ1v) is 15.4. The van der Waals surface area contributed by atoms with Crippen LogP contribution in [0.2, 0.25) is 5.02 Å². The lowest BCUT2D eigenvalue weighted by Gasteiger charge is -2.32. The molecule has 0 radical (unpaired) electrons. The Labute approximate surface area is 242 Å². The molecule has 0 aliphatic heterocycles. The van der Waals surface area contributed by atoms with E-state index >= 15 is 0 Å². The fourth-order valence-electron chi connectivity index (χ4n) is 4.84. The van der Waals surface area contributed by atoms with Crippen LogP contribution >= 0.6 is 11.6 Å². The predicted octanol–water partition coefficient (Wildman–Crippen LogP) is 5.63. The number of benzene rings is 3. The van der Waals surface area contributed by atoms with E-state index in [0.717, 1.165) is 46.7 Å². The molecule has 2 amide bonds. The maximum atomic E-state index is 14.0. The quantitative estimate of drug-likeness (QED) is 0.336. The third-order valence-corrected chi connectivity index (χ3v) is 9.38. The highest BCUT2D eigenvalue weighted by molar-refractivity contribution is 7.92. The highest BCUT2D eigenvalue weighted by Gasteiger charge is 2.33. The SMILES string of the molecule is Cc1ccc(N(CC(=O)N(Cc2ccc(Cl)cc2)C(C)C(=O)NC2CCCC2)S(=O)(=O)c2ccc(C)cc2)cc1. The number of hydrogen-bond acceptors (Lipinski definition) is 4. The molecule has 1 N–H and O–H groups in total. The molecule has 0 bridgehead atoms. The standard InChI is InChI=1S/C31H36ClN3O4S/c1-22-8-16-28(17-9-22)35(40(38,39)29-18-10-23(2)11-19-29)21-30(36)34(20-25-12-14-26(32)15-13-25)24(3)31(37)33-27-6-4-5-7-27/h8-19,24,27H,4-7,20-21H2,1-3H3,(H,33,37). The van der Waals surface area contributed by atoms with Gasteiger partial charge >= 0.3 is 0 Å². The van der Waals surface area contributed by atoms with E-state index in [-0.39, 0.29) is 23.4 Å². The number of amides is 2. The second-order valence-corrected chi connectivity index (χ2v) is 12.8. The number of nitrogens with one attached hydrogen (secondary N) is 1. The van der Waals surface area contributed by atoms with Gasteiger partial charge in [-0.15, -0.1) is 0 Å². The number of rotatable bonds is 10. The van der Waals surface area contributed by atoms with Gasteiger partial charge < -0.3 is 10.2 Å². The van der Waals surface area contributed by atoms with Crippen LogP contribution in [-0.2, 0) is 26.2 Å². The Morgan fingerprint density at radius 3 is 2.02 bits per heavy atom. The molecule has 40 heavy (non-hydrogen) atoms. The van der Waals surface area contributed by atoms with Crippen LogP contribution in [0.25, 0.3) is 0 Å². The lowest BCUT2D eigenvalue weighted by molar-refractivity contribution is -0.139. The normalized spacial score (nSPS) is 14.5. The third-order valence-electron chi connectivity index (χ3n) is 7.34. The fraction of sp³-hybridized carbons (Fsp3) is 0.355. The summed E-state index contributed by atoms with van der Waals surface area (Å²) < 4.78 is 28.9. The van der Waals surface area contributed by atoms with Crippen molar-refractivity contribution < 1.29 is 18.0 Å². The summed E-state index contributed by atoms with van der Waals surface area (Å²) in [6, 6.07) is 19.8. The van der Waals surface area contributed by atoms with Gasteiger partial charge in [0.25, 0.3) is 10.0 Å². The van der Waals surface area contributed by atoms with Crippen molar-refractivity contribution >= 4 is 39.1 Å². The van der Waals surface area contributed by atoms with E-state index in [1.807, 2.05) is 13.8 Å². The zero-order valence-corrected chi connectivity index (χ0v) is 24.7. The molecule has 3 aromatic rings. The predicted molar refractivity (Wildman–Crippen MR) is 159 cm³/mol. The largest absolute Gasteiger partial charge is 0.352 e. The van der Waals surface area contributed by atoms with Crippen molar-refractivity contribution in [3.05, 3.63) is 94.5 Å². The minimum atomic E-state index is -4.09. The van der Waals surface area contributed by atoms with Crippen molar-refractivity contribution in [2.45, 2.75) is 70.0 Å². The molecule has 4 rings (SSSR count). The second kappa shape index (κ2) is 12.9. The van der Waals surface area contributed by atoms with Crippen LogP contribution in [0.15, 0.2) is 77.7 Å². The van der Waals surface area contributed by atoms with Crippen LogP contribution < -0.4 is 9.62 Å². The molecule has 9 heteroatoms.